The van der Waals surface area contributed by atoms with Gasteiger partial charge < -0.3 is 5.32 Å². The second-order valence-corrected chi connectivity index (χ2v) is 10.1. The molecule has 0 aliphatic heterocycles. The predicted molar refractivity (Wildman–Crippen MR) is 117 cm³/mol. The van der Waals surface area contributed by atoms with Gasteiger partial charge in [-0.3, -0.25) is 9.52 Å². The van der Waals surface area contributed by atoms with Crippen LogP contribution in [-0.4, -0.2) is 25.9 Å². The summed E-state index contributed by atoms with van der Waals surface area (Å²) in [5.41, 5.74) is 3.58. The van der Waals surface area contributed by atoms with Gasteiger partial charge in [-0.15, -0.1) is 0 Å². The molecule has 8 heteroatoms. The summed E-state index contributed by atoms with van der Waals surface area (Å²) >= 11 is 1.06. The second kappa shape index (κ2) is 9.09. The Morgan fingerprint density at radius 3 is 2.69 bits per heavy atom. The van der Waals surface area contributed by atoms with Crippen LogP contribution in [0.15, 0.2) is 34.7 Å². The lowest BCUT2D eigenvalue weighted by Gasteiger charge is -2.12. The van der Waals surface area contributed by atoms with Gasteiger partial charge in [0.15, 0.2) is 5.13 Å². The Hall–Kier alpha value is -2.19. The normalized spacial score (nSPS) is 14.4. The molecule has 1 aromatic carbocycles. The Kier molecular flexibility index (Phi) is 6.74. The lowest BCUT2D eigenvalue weighted by atomic mass is 9.97. The van der Waals surface area contributed by atoms with Crippen LogP contribution in [0.2, 0.25) is 0 Å². The first-order valence-electron chi connectivity index (χ1n) is 9.80. The molecule has 1 amide bonds. The molecule has 0 unspecified atom stereocenters. The number of carbonyl (C=O) groups is 1. The fourth-order valence-electron chi connectivity index (χ4n) is 3.47. The van der Waals surface area contributed by atoms with Crippen LogP contribution in [0.1, 0.15) is 58.6 Å². The van der Waals surface area contributed by atoms with E-state index in [1.165, 1.54) is 18.4 Å². The monoisotopic (exact) mass is 433 g/mol. The molecular formula is C21H27N3O3S2. The third-order valence-electron chi connectivity index (χ3n) is 4.96. The van der Waals surface area contributed by atoms with Gasteiger partial charge in [0.05, 0.1) is 10.6 Å². The summed E-state index contributed by atoms with van der Waals surface area (Å²) in [6.45, 7) is 5.96. The number of nitrogens with one attached hydrogen (secondary N) is 2. The minimum Gasteiger partial charge on any atom is -0.351 e. The highest BCUT2D eigenvalue weighted by Gasteiger charge is 2.21. The van der Waals surface area contributed by atoms with Crippen molar-refractivity contribution in [2.24, 2.45) is 0 Å². The fourth-order valence-corrected chi connectivity index (χ4v) is 5.82. The standard InChI is InChI=1S/C21H27N3O3S2/c1-14-9-10-18(15(2)13-14)29(26,27)24-21-23-16(3)19(28-21)20(25)22-12-11-17-7-5-4-6-8-17/h7,9-10,13H,4-6,8,11-12H2,1-3H3,(H,22,25)(H,23,24). The zero-order valence-corrected chi connectivity index (χ0v) is 18.7. The lowest BCUT2D eigenvalue weighted by Crippen LogP contribution is -2.24. The molecule has 0 bridgehead atoms. The van der Waals surface area contributed by atoms with Crippen molar-refractivity contribution in [3.63, 3.8) is 0 Å². The number of anilines is 1. The maximum Gasteiger partial charge on any atom is 0.263 e. The number of carbonyl (C=O) groups excluding carboxylic acids is 1. The Bertz CT molecular complexity index is 1040. The van der Waals surface area contributed by atoms with Crippen molar-refractivity contribution < 1.29 is 13.2 Å². The van der Waals surface area contributed by atoms with Crippen molar-refractivity contribution in [3.8, 4) is 0 Å². The van der Waals surface area contributed by atoms with Crippen LogP contribution in [-0.2, 0) is 10.0 Å². The van der Waals surface area contributed by atoms with E-state index in [-0.39, 0.29) is 15.9 Å². The average Bonchev–Trinajstić information content (AvgIpc) is 3.01. The topological polar surface area (TPSA) is 88.2 Å². The van der Waals surface area contributed by atoms with Crippen molar-refractivity contribution in [3.05, 3.63) is 51.5 Å². The van der Waals surface area contributed by atoms with E-state index in [2.05, 4.69) is 21.1 Å². The summed E-state index contributed by atoms with van der Waals surface area (Å²) in [5, 5.41) is 3.12. The molecule has 0 atom stereocenters. The van der Waals surface area contributed by atoms with Gasteiger partial charge in [0.1, 0.15) is 4.88 Å². The van der Waals surface area contributed by atoms with Crippen molar-refractivity contribution >= 4 is 32.4 Å². The van der Waals surface area contributed by atoms with E-state index in [0.29, 0.717) is 22.7 Å². The van der Waals surface area contributed by atoms with Crippen LogP contribution in [0.4, 0.5) is 5.13 Å². The molecule has 0 radical (unpaired) electrons. The Balaban J connectivity index is 1.66. The minimum absolute atomic E-state index is 0.197. The van der Waals surface area contributed by atoms with Crippen molar-refractivity contribution in [2.75, 3.05) is 11.3 Å². The number of aryl methyl sites for hydroxylation is 3. The van der Waals surface area contributed by atoms with Gasteiger partial charge in [-0.2, -0.15) is 0 Å². The average molecular weight is 434 g/mol. The number of allylic oxidation sites excluding steroid dienone is 1. The first-order valence-corrected chi connectivity index (χ1v) is 12.1. The first kappa shape index (κ1) is 21.5. The van der Waals surface area contributed by atoms with Gasteiger partial charge in [-0.05, 0) is 64.5 Å². The van der Waals surface area contributed by atoms with E-state index >= 15 is 0 Å². The smallest absolute Gasteiger partial charge is 0.263 e. The van der Waals surface area contributed by atoms with Gasteiger partial charge in [0.25, 0.3) is 15.9 Å². The van der Waals surface area contributed by atoms with E-state index in [9.17, 15) is 13.2 Å². The number of benzene rings is 1. The summed E-state index contributed by atoms with van der Waals surface area (Å²) in [4.78, 5) is 17.4. The Morgan fingerprint density at radius 2 is 2.00 bits per heavy atom. The van der Waals surface area contributed by atoms with E-state index in [0.717, 1.165) is 36.2 Å². The second-order valence-electron chi connectivity index (χ2n) is 7.42. The van der Waals surface area contributed by atoms with Crippen LogP contribution in [0.25, 0.3) is 0 Å². The van der Waals surface area contributed by atoms with Gasteiger partial charge in [-0.25, -0.2) is 13.4 Å². The molecule has 1 heterocycles. The fraction of sp³-hybridized carbons (Fsp3) is 0.429. The Labute approximate surface area is 176 Å². The van der Waals surface area contributed by atoms with Crippen LogP contribution >= 0.6 is 11.3 Å². The van der Waals surface area contributed by atoms with Gasteiger partial charge in [0.2, 0.25) is 0 Å². The number of hydrogen-bond acceptors (Lipinski definition) is 5. The molecule has 1 aromatic heterocycles. The number of rotatable bonds is 7. The number of sulfonamides is 1. The SMILES string of the molecule is Cc1ccc(S(=O)(=O)Nc2nc(C)c(C(=O)NCCC3=CCCCC3)s2)c(C)c1. The van der Waals surface area contributed by atoms with Gasteiger partial charge >= 0.3 is 0 Å². The number of aromatic nitrogens is 1. The van der Waals surface area contributed by atoms with Crippen LogP contribution < -0.4 is 10.0 Å². The maximum absolute atomic E-state index is 12.7. The predicted octanol–water partition coefficient (Wildman–Crippen LogP) is 4.49. The molecule has 2 aromatic rings. The highest BCUT2D eigenvalue weighted by Crippen LogP contribution is 2.26. The summed E-state index contributed by atoms with van der Waals surface area (Å²) in [7, 11) is -3.76. The molecule has 0 saturated heterocycles. The summed E-state index contributed by atoms with van der Waals surface area (Å²) in [6, 6.07) is 5.17. The molecule has 156 valence electrons. The minimum atomic E-state index is -3.76. The third-order valence-corrected chi connectivity index (χ3v) is 7.66. The zero-order valence-electron chi connectivity index (χ0n) is 17.0. The van der Waals surface area contributed by atoms with Crippen LogP contribution in [0.5, 0.6) is 0 Å². The van der Waals surface area contributed by atoms with Gasteiger partial charge in [-0.1, -0.05) is 40.7 Å². The van der Waals surface area contributed by atoms with Crippen LogP contribution in [0.3, 0.4) is 0 Å². The van der Waals surface area contributed by atoms with E-state index < -0.39 is 10.0 Å². The molecule has 2 N–H and O–H groups in total. The largest absolute Gasteiger partial charge is 0.351 e. The third kappa shape index (κ3) is 5.45. The van der Waals surface area contributed by atoms with Crippen LogP contribution in [0, 0.1) is 20.8 Å². The molecule has 3 rings (SSSR count). The number of thiazole rings is 1. The molecule has 1 aliphatic carbocycles. The quantitative estimate of drug-likeness (QED) is 0.630. The highest BCUT2D eigenvalue weighted by molar-refractivity contribution is 7.93. The molecule has 1 aliphatic rings. The molecular weight excluding hydrogens is 406 g/mol. The number of amides is 1. The zero-order chi connectivity index (χ0) is 21.0. The van der Waals surface area contributed by atoms with E-state index in [4.69, 9.17) is 0 Å². The maximum atomic E-state index is 12.7. The summed E-state index contributed by atoms with van der Waals surface area (Å²) in [6.07, 6.45) is 7.83. The van der Waals surface area contributed by atoms with Crippen molar-refractivity contribution in [2.45, 2.75) is 57.8 Å². The van der Waals surface area contributed by atoms with Crippen molar-refractivity contribution in [1.82, 2.24) is 10.3 Å². The van der Waals surface area contributed by atoms with E-state index in [1.807, 2.05) is 13.0 Å². The molecule has 29 heavy (non-hydrogen) atoms. The van der Waals surface area contributed by atoms with E-state index in [1.54, 1.807) is 26.0 Å². The van der Waals surface area contributed by atoms with Gasteiger partial charge in [0, 0.05) is 6.54 Å². The molecule has 0 fully saturated rings. The molecule has 0 spiro atoms. The van der Waals surface area contributed by atoms with Crippen molar-refractivity contribution in [1.29, 1.82) is 0 Å². The highest BCUT2D eigenvalue weighted by atomic mass is 32.2. The number of nitrogens with zero attached hydrogens (tertiary/aromatic N) is 1. The molecule has 6 nitrogen and oxygen atoms in total. The summed E-state index contributed by atoms with van der Waals surface area (Å²) in [5.74, 6) is -0.214. The lowest BCUT2D eigenvalue weighted by molar-refractivity contribution is 0.0957. The molecule has 0 saturated carbocycles. The Morgan fingerprint density at radius 1 is 1.21 bits per heavy atom. The first-order chi connectivity index (χ1) is 13.8. The number of hydrogen-bond donors (Lipinski definition) is 2. The summed E-state index contributed by atoms with van der Waals surface area (Å²) < 4.78 is 27.9.